The first-order valence-electron chi connectivity index (χ1n) is 8.59. The van der Waals surface area contributed by atoms with Crippen molar-refractivity contribution in [1.82, 2.24) is 10.2 Å². The molecule has 1 fully saturated rings. The molecule has 118 valence electrons. The number of piperazine rings is 1. The van der Waals surface area contributed by atoms with Crippen molar-refractivity contribution in [2.75, 3.05) is 19.6 Å². The van der Waals surface area contributed by atoms with Gasteiger partial charge in [-0.1, -0.05) is 57.5 Å². The van der Waals surface area contributed by atoms with E-state index < -0.39 is 0 Å². The second-order valence-electron chi connectivity index (χ2n) is 7.19. The summed E-state index contributed by atoms with van der Waals surface area (Å²) in [6.45, 7) is 12.8. The van der Waals surface area contributed by atoms with Crippen LogP contribution < -0.4 is 5.32 Å². The van der Waals surface area contributed by atoms with Gasteiger partial charge in [-0.2, -0.15) is 0 Å². The van der Waals surface area contributed by atoms with Crippen LogP contribution in [0.4, 0.5) is 0 Å². The number of hydrogen-bond acceptors (Lipinski definition) is 2. The summed E-state index contributed by atoms with van der Waals surface area (Å²) in [7, 11) is 0. The topological polar surface area (TPSA) is 15.3 Å². The number of rotatable bonds is 6. The van der Waals surface area contributed by atoms with E-state index in [1.807, 2.05) is 0 Å². The lowest BCUT2D eigenvalue weighted by Crippen LogP contribution is -2.61. The first-order valence-corrected chi connectivity index (χ1v) is 8.59. The monoisotopic (exact) mass is 288 g/mol. The highest BCUT2D eigenvalue weighted by atomic mass is 15.2. The molecule has 2 heteroatoms. The predicted molar refractivity (Wildman–Crippen MR) is 91.5 cm³/mol. The van der Waals surface area contributed by atoms with Crippen molar-refractivity contribution in [2.45, 2.75) is 58.5 Å². The Morgan fingerprint density at radius 3 is 2.62 bits per heavy atom. The highest BCUT2D eigenvalue weighted by Gasteiger charge is 2.36. The minimum atomic E-state index is 0.0858. The number of benzene rings is 1. The summed E-state index contributed by atoms with van der Waals surface area (Å²) < 4.78 is 0. The summed E-state index contributed by atoms with van der Waals surface area (Å²) in [5.74, 6) is 0.766. The maximum atomic E-state index is 3.83. The van der Waals surface area contributed by atoms with Crippen LogP contribution >= 0.6 is 0 Å². The van der Waals surface area contributed by atoms with E-state index in [1.165, 1.54) is 31.4 Å². The Morgan fingerprint density at radius 1 is 1.29 bits per heavy atom. The number of hydrogen-bond donors (Lipinski definition) is 1. The third-order valence-corrected chi connectivity index (χ3v) is 4.72. The molecule has 1 heterocycles. The van der Waals surface area contributed by atoms with Crippen molar-refractivity contribution in [2.24, 2.45) is 5.92 Å². The molecule has 1 aromatic rings. The highest BCUT2D eigenvalue weighted by molar-refractivity contribution is 5.25. The van der Waals surface area contributed by atoms with Gasteiger partial charge in [-0.15, -0.1) is 0 Å². The maximum absolute atomic E-state index is 3.83. The molecule has 2 nitrogen and oxygen atoms in total. The van der Waals surface area contributed by atoms with Crippen LogP contribution in [-0.4, -0.2) is 30.6 Å². The molecule has 2 rings (SSSR count). The van der Waals surface area contributed by atoms with Crippen LogP contribution in [0.1, 0.15) is 52.5 Å². The minimum absolute atomic E-state index is 0.0858. The molecule has 1 aliphatic heterocycles. The molecule has 1 aromatic carbocycles. The van der Waals surface area contributed by atoms with Crippen molar-refractivity contribution in [1.29, 1.82) is 0 Å². The molecule has 0 saturated carbocycles. The van der Waals surface area contributed by atoms with Gasteiger partial charge in [0.2, 0.25) is 0 Å². The normalized spacial score (nSPS) is 27.2. The lowest BCUT2D eigenvalue weighted by atomic mass is 9.86. The number of nitrogens with zero attached hydrogens (tertiary/aromatic N) is 1. The van der Waals surface area contributed by atoms with Crippen molar-refractivity contribution in [3.8, 4) is 0 Å². The fourth-order valence-corrected chi connectivity index (χ4v) is 3.46. The first kappa shape index (κ1) is 16.5. The van der Waals surface area contributed by atoms with E-state index in [2.05, 4.69) is 68.2 Å². The largest absolute Gasteiger partial charge is 0.305 e. The quantitative estimate of drug-likeness (QED) is 0.850. The fraction of sp³-hybridized carbons (Fsp3) is 0.684. The van der Waals surface area contributed by atoms with Crippen LogP contribution in [0.5, 0.6) is 0 Å². The fourth-order valence-electron chi connectivity index (χ4n) is 3.46. The average Bonchev–Trinajstić information content (AvgIpc) is 2.48. The average molecular weight is 288 g/mol. The lowest BCUT2D eigenvalue weighted by molar-refractivity contribution is 0.0725. The van der Waals surface area contributed by atoms with Gasteiger partial charge in [-0.25, -0.2) is 0 Å². The van der Waals surface area contributed by atoms with Gasteiger partial charge < -0.3 is 5.32 Å². The Balaban J connectivity index is 2.11. The molecular weight excluding hydrogens is 256 g/mol. The van der Waals surface area contributed by atoms with Gasteiger partial charge >= 0.3 is 0 Å². The highest BCUT2D eigenvalue weighted by Crippen LogP contribution is 2.28. The van der Waals surface area contributed by atoms with Crippen molar-refractivity contribution >= 4 is 0 Å². The van der Waals surface area contributed by atoms with Gasteiger partial charge in [0, 0.05) is 19.1 Å². The second kappa shape index (κ2) is 7.42. The molecule has 0 radical (unpaired) electrons. The summed E-state index contributed by atoms with van der Waals surface area (Å²) in [6.07, 6.45) is 3.88. The van der Waals surface area contributed by atoms with Crippen molar-refractivity contribution in [3.63, 3.8) is 0 Å². The summed E-state index contributed by atoms with van der Waals surface area (Å²) in [6, 6.07) is 11.6. The van der Waals surface area contributed by atoms with E-state index in [0.717, 1.165) is 19.0 Å². The Labute approximate surface area is 130 Å². The van der Waals surface area contributed by atoms with Crippen LogP contribution in [0.2, 0.25) is 0 Å². The second-order valence-corrected chi connectivity index (χ2v) is 7.19. The molecule has 2 atom stereocenters. The summed E-state index contributed by atoms with van der Waals surface area (Å²) in [5.41, 5.74) is 1.50. The third-order valence-electron chi connectivity index (χ3n) is 4.72. The lowest BCUT2D eigenvalue weighted by Gasteiger charge is -2.47. The van der Waals surface area contributed by atoms with E-state index in [9.17, 15) is 0 Å². The molecule has 0 amide bonds. The standard InChI is InChI=1S/C19H32N2/c1-5-6-12-21-15-19(4,17-10-8-7-9-11-17)20-14-18(21)13-16(2)3/h7-11,16,18,20H,5-6,12-15H2,1-4H3. The number of nitrogens with one attached hydrogen (secondary N) is 1. The van der Waals surface area contributed by atoms with Gasteiger partial charge in [0.05, 0.1) is 5.54 Å². The zero-order valence-corrected chi connectivity index (χ0v) is 14.2. The summed E-state index contributed by atoms with van der Waals surface area (Å²) in [4.78, 5) is 2.73. The summed E-state index contributed by atoms with van der Waals surface area (Å²) >= 11 is 0. The maximum Gasteiger partial charge on any atom is 0.0535 e. The Morgan fingerprint density at radius 2 is 2.00 bits per heavy atom. The molecule has 0 aromatic heterocycles. The summed E-state index contributed by atoms with van der Waals surface area (Å²) in [5, 5.41) is 3.83. The van der Waals surface area contributed by atoms with Crippen molar-refractivity contribution in [3.05, 3.63) is 35.9 Å². The minimum Gasteiger partial charge on any atom is -0.305 e. The third kappa shape index (κ3) is 4.31. The van der Waals surface area contributed by atoms with Gasteiger partial charge in [0.25, 0.3) is 0 Å². The van der Waals surface area contributed by atoms with Gasteiger partial charge in [-0.05, 0) is 37.8 Å². The molecule has 1 saturated heterocycles. The van der Waals surface area contributed by atoms with Crippen molar-refractivity contribution < 1.29 is 0 Å². The van der Waals surface area contributed by atoms with Crippen LogP contribution in [0, 0.1) is 5.92 Å². The van der Waals surface area contributed by atoms with E-state index in [0.29, 0.717) is 6.04 Å². The Kier molecular flexibility index (Phi) is 5.83. The number of unbranched alkanes of at least 4 members (excludes halogenated alkanes) is 1. The molecule has 0 spiro atoms. The van der Waals surface area contributed by atoms with E-state index in [1.54, 1.807) is 0 Å². The van der Waals surface area contributed by atoms with E-state index in [-0.39, 0.29) is 5.54 Å². The van der Waals surface area contributed by atoms with Crippen LogP contribution in [-0.2, 0) is 5.54 Å². The van der Waals surface area contributed by atoms with Crippen LogP contribution in [0.15, 0.2) is 30.3 Å². The van der Waals surface area contributed by atoms with Gasteiger partial charge in [-0.3, -0.25) is 4.90 Å². The Hall–Kier alpha value is -0.860. The molecular formula is C19H32N2. The smallest absolute Gasteiger partial charge is 0.0535 e. The van der Waals surface area contributed by atoms with E-state index >= 15 is 0 Å². The van der Waals surface area contributed by atoms with E-state index in [4.69, 9.17) is 0 Å². The van der Waals surface area contributed by atoms with Gasteiger partial charge in [0.1, 0.15) is 0 Å². The molecule has 21 heavy (non-hydrogen) atoms. The Bertz CT molecular complexity index is 415. The SMILES string of the molecule is CCCCN1CC(C)(c2ccccc2)NCC1CC(C)C. The molecule has 0 aliphatic carbocycles. The van der Waals surface area contributed by atoms with Crippen LogP contribution in [0.25, 0.3) is 0 Å². The molecule has 1 N–H and O–H groups in total. The molecule has 0 bridgehead atoms. The van der Waals surface area contributed by atoms with Crippen LogP contribution in [0.3, 0.4) is 0 Å². The first-order chi connectivity index (χ1) is 10.0. The predicted octanol–water partition coefficient (Wildman–Crippen LogP) is 4.02. The zero-order chi connectivity index (χ0) is 15.3. The van der Waals surface area contributed by atoms with Gasteiger partial charge in [0.15, 0.2) is 0 Å². The molecule has 1 aliphatic rings. The zero-order valence-electron chi connectivity index (χ0n) is 14.2. The molecule has 2 unspecified atom stereocenters.